The number of anilines is 1. The number of likely N-dealkylation sites (N-methyl/N-ethyl adjacent to an activating group) is 1. The lowest BCUT2D eigenvalue weighted by molar-refractivity contribution is 0.00578. The predicted octanol–water partition coefficient (Wildman–Crippen LogP) is 1.60. The van der Waals surface area contributed by atoms with Crippen LogP contribution in [-0.4, -0.2) is 42.0 Å². The fraction of sp³-hybridized carbons (Fsp3) is 0.533. The zero-order chi connectivity index (χ0) is 16.5. The zero-order valence-corrected chi connectivity index (χ0v) is 13.8. The second kappa shape index (κ2) is 5.91. The molecule has 4 N–H and O–H groups in total. The Morgan fingerprint density at radius 2 is 1.95 bits per heavy atom. The van der Waals surface area contributed by atoms with Crippen molar-refractivity contribution < 1.29 is 14.4 Å². The summed E-state index contributed by atoms with van der Waals surface area (Å²) in [5.74, 6) is 0.0782. The van der Waals surface area contributed by atoms with Crippen LogP contribution < -0.4 is 11.1 Å². The van der Waals surface area contributed by atoms with Gasteiger partial charge in [-0.05, 0) is 51.8 Å². The quantitative estimate of drug-likeness (QED) is 0.732. The van der Waals surface area contributed by atoms with Crippen molar-refractivity contribution in [2.24, 2.45) is 0 Å². The molecular formula is C15H24BN3O3. The molecule has 2 rings (SSSR count). The first kappa shape index (κ1) is 16.8. The van der Waals surface area contributed by atoms with E-state index in [1.807, 2.05) is 40.8 Å². The highest BCUT2D eigenvalue weighted by Crippen LogP contribution is 2.38. The molecule has 7 heteroatoms. The van der Waals surface area contributed by atoms with Crippen LogP contribution in [0.3, 0.4) is 0 Å². The average Bonchev–Trinajstić information content (AvgIpc) is 2.62. The van der Waals surface area contributed by atoms with E-state index in [1.54, 1.807) is 12.3 Å². The first-order valence-corrected chi connectivity index (χ1v) is 7.31. The zero-order valence-electron chi connectivity index (χ0n) is 13.8. The molecule has 1 aromatic rings. The standard InChI is InChI=1S/C15H24BN3O3/c1-14(2)15(3,4)22-16(21-14)11(9-18-5)6-10-7-12(20)13(17)19-8-10/h6-8,18,20H,9H2,1-5H3,(H2,17,19). The normalized spacial score (nSPS) is 20.4. The number of aromatic nitrogens is 1. The van der Waals surface area contributed by atoms with Gasteiger partial charge in [-0.15, -0.1) is 0 Å². The van der Waals surface area contributed by atoms with Crippen molar-refractivity contribution in [1.82, 2.24) is 10.3 Å². The predicted molar refractivity (Wildman–Crippen MR) is 88.3 cm³/mol. The van der Waals surface area contributed by atoms with Gasteiger partial charge in [0.2, 0.25) is 0 Å². The number of aromatic hydroxyl groups is 1. The van der Waals surface area contributed by atoms with Gasteiger partial charge in [0.25, 0.3) is 0 Å². The number of nitrogens with zero attached hydrogens (tertiary/aromatic N) is 1. The van der Waals surface area contributed by atoms with Gasteiger partial charge in [-0.2, -0.15) is 0 Å². The fourth-order valence-electron chi connectivity index (χ4n) is 2.17. The van der Waals surface area contributed by atoms with Crippen molar-refractivity contribution in [2.45, 2.75) is 38.9 Å². The van der Waals surface area contributed by atoms with Crippen LogP contribution in [0.4, 0.5) is 5.82 Å². The van der Waals surface area contributed by atoms with Crippen LogP contribution in [0.15, 0.2) is 17.7 Å². The molecule has 0 unspecified atom stereocenters. The highest BCUT2D eigenvalue weighted by molar-refractivity contribution is 6.55. The molecule has 1 aromatic heterocycles. The molecule has 0 spiro atoms. The van der Waals surface area contributed by atoms with Crippen molar-refractivity contribution in [2.75, 3.05) is 19.3 Å². The third-order valence-corrected chi connectivity index (χ3v) is 4.21. The van der Waals surface area contributed by atoms with E-state index in [1.165, 1.54) is 0 Å². The van der Waals surface area contributed by atoms with Crippen LogP contribution >= 0.6 is 0 Å². The smallest absolute Gasteiger partial charge is 0.491 e. The monoisotopic (exact) mass is 305 g/mol. The van der Waals surface area contributed by atoms with E-state index in [2.05, 4.69) is 10.3 Å². The Labute approximate surface area is 131 Å². The third kappa shape index (κ3) is 3.26. The van der Waals surface area contributed by atoms with Crippen LogP contribution in [0.2, 0.25) is 0 Å². The number of nitrogens with two attached hydrogens (primary N) is 1. The molecule has 0 amide bonds. The van der Waals surface area contributed by atoms with E-state index in [9.17, 15) is 5.11 Å². The van der Waals surface area contributed by atoms with Gasteiger partial charge in [0.05, 0.1) is 11.2 Å². The molecule has 6 nitrogen and oxygen atoms in total. The topological polar surface area (TPSA) is 89.6 Å². The van der Waals surface area contributed by atoms with E-state index in [0.717, 1.165) is 11.0 Å². The second-order valence-corrected chi connectivity index (χ2v) is 6.51. The molecular weight excluding hydrogens is 281 g/mol. The third-order valence-electron chi connectivity index (χ3n) is 4.21. The highest BCUT2D eigenvalue weighted by atomic mass is 16.7. The lowest BCUT2D eigenvalue weighted by Crippen LogP contribution is -2.41. The van der Waals surface area contributed by atoms with Gasteiger partial charge in [-0.25, -0.2) is 4.98 Å². The number of hydrogen-bond donors (Lipinski definition) is 3. The minimum absolute atomic E-state index is 0.0357. The van der Waals surface area contributed by atoms with Gasteiger partial charge in [-0.3, -0.25) is 0 Å². The molecule has 0 saturated carbocycles. The summed E-state index contributed by atoms with van der Waals surface area (Å²) in [5.41, 5.74) is 6.40. The van der Waals surface area contributed by atoms with E-state index in [4.69, 9.17) is 15.0 Å². The summed E-state index contributed by atoms with van der Waals surface area (Å²) in [6.07, 6.45) is 3.50. The Morgan fingerprint density at radius 3 is 2.45 bits per heavy atom. The minimum Gasteiger partial charge on any atom is -0.504 e. The van der Waals surface area contributed by atoms with E-state index < -0.39 is 18.3 Å². The lowest BCUT2D eigenvalue weighted by Gasteiger charge is -2.32. The van der Waals surface area contributed by atoms with E-state index in [-0.39, 0.29) is 11.6 Å². The molecule has 120 valence electrons. The van der Waals surface area contributed by atoms with Crippen molar-refractivity contribution in [3.8, 4) is 5.75 Å². The van der Waals surface area contributed by atoms with E-state index >= 15 is 0 Å². The molecule has 1 saturated heterocycles. The van der Waals surface area contributed by atoms with Gasteiger partial charge in [0.1, 0.15) is 0 Å². The first-order valence-electron chi connectivity index (χ1n) is 7.31. The molecule has 1 aliphatic heterocycles. The molecule has 0 aromatic carbocycles. The molecule has 0 atom stereocenters. The Hall–Kier alpha value is -1.57. The maximum atomic E-state index is 9.68. The van der Waals surface area contributed by atoms with Gasteiger partial charge in [-0.1, -0.05) is 6.08 Å². The van der Waals surface area contributed by atoms with Gasteiger partial charge in [0.15, 0.2) is 11.6 Å². The number of nitrogen functional groups attached to an aromatic ring is 1. The fourth-order valence-corrected chi connectivity index (χ4v) is 2.17. The Bertz CT molecular complexity index is 571. The summed E-state index contributed by atoms with van der Waals surface area (Å²) in [4.78, 5) is 3.96. The molecule has 22 heavy (non-hydrogen) atoms. The summed E-state index contributed by atoms with van der Waals surface area (Å²) in [7, 11) is 1.41. The molecule has 0 aliphatic carbocycles. The maximum Gasteiger partial charge on any atom is 0.491 e. The largest absolute Gasteiger partial charge is 0.504 e. The molecule has 2 heterocycles. The molecule has 0 radical (unpaired) electrons. The number of rotatable bonds is 4. The Kier molecular flexibility index (Phi) is 4.51. The molecule has 1 aliphatic rings. The number of hydrogen-bond acceptors (Lipinski definition) is 6. The highest BCUT2D eigenvalue weighted by Gasteiger charge is 2.52. The van der Waals surface area contributed by atoms with Gasteiger partial charge in [0, 0.05) is 12.7 Å². The Morgan fingerprint density at radius 1 is 1.36 bits per heavy atom. The van der Waals surface area contributed by atoms with Crippen LogP contribution in [-0.2, 0) is 9.31 Å². The SMILES string of the molecule is CNCC(=Cc1cnc(N)c(O)c1)B1OC(C)(C)C(C)(C)O1. The molecule has 0 bridgehead atoms. The average molecular weight is 305 g/mol. The molecule has 1 fully saturated rings. The summed E-state index contributed by atoms with van der Waals surface area (Å²) < 4.78 is 12.1. The van der Waals surface area contributed by atoms with Crippen molar-refractivity contribution >= 4 is 19.0 Å². The lowest BCUT2D eigenvalue weighted by atomic mass is 9.77. The van der Waals surface area contributed by atoms with Gasteiger partial charge < -0.3 is 25.5 Å². The minimum atomic E-state index is -0.447. The second-order valence-electron chi connectivity index (χ2n) is 6.51. The van der Waals surface area contributed by atoms with Crippen LogP contribution in [0.5, 0.6) is 5.75 Å². The van der Waals surface area contributed by atoms with Crippen molar-refractivity contribution in [3.05, 3.63) is 23.3 Å². The first-order chi connectivity index (χ1) is 10.2. The van der Waals surface area contributed by atoms with Crippen molar-refractivity contribution in [3.63, 3.8) is 0 Å². The summed E-state index contributed by atoms with van der Waals surface area (Å²) >= 11 is 0. The van der Waals surface area contributed by atoms with Crippen molar-refractivity contribution in [1.29, 1.82) is 0 Å². The van der Waals surface area contributed by atoms with E-state index in [0.29, 0.717) is 6.54 Å². The summed E-state index contributed by atoms with van der Waals surface area (Å²) in [5, 5.41) is 12.8. The number of pyridine rings is 1. The van der Waals surface area contributed by atoms with Crippen LogP contribution in [0.25, 0.3) is 6.08 Å². The van der Waals surface area contributed by atoms with Crippen LogP contribution in [0, 0.1) is 0 Å². The maximum absolute atomic E-state index is 9.68. The summed E-state index contributed by atoms with van der Waals surface area (Å²) in [6.45, 7) is 8.66. The Balaban J connectivity index is 2.31. The summed E-state index contributed by atoms with van der Waals surface area (Å²) in [6, 6.07) is 1.57. The number of nitrogens with one attached hydrogen (secondary N) is 1. The van der Waals surface area contributed by atoms with Gasteiger partial charge >= 0.3 is 7.12 Å². The van der Waals surface area contributed by atoms with Crippen LogP contribution in [0.1, 0.15) is 33.3 Å².